The molecule has 2 heterocycles. The molecule has 1 aliphatic heterocycles. The van der Waals surface area contributed by atoms with Crippen molar-refractivity contribution in [3.63, 3.8) is 0 Å². The summed E-state index contributed by atoms with van der Waals surface area (Å²) in [5, 5.41) is 5.84. The van der Waals surface area contributed by atoms with Crippen LogP contribution in [-0.2, 0) is 4.74 Å². The summed E-state index contributed by atoms with van der Waals surface area (Å²) in [7, 11) is 1.37. The molecule has 2 rings (SSSR count). The van der Waals surface area contributed by atoms with Crippen molar-refractivity contribution in [2.75, 3.05) is 30.5 Å². The molecule has 0 spiro atoms. The van der Waals surface area contributed by atoms with Gasteiger partial charge in [-0.2, -0.15) is 11.8 Å². The van der Waals surface area contributed by atoms with Gasteiger partial charge in [0.2, 0.25) is 0 Å². The summed E-state index contributed by atoms with van der Waals surface area (Å²) in [6.45, 7) is 0.953. The van der Waals surface area contributed by atoms with E-state index >= 15 is 0 Å². The third kappa shape index (κ3) is 3.61. The lowest BCUT2D eigenvalue weighted by atomic mass is 10.0. The smallest absolute Gasteiger partial charge is 0.357 e. The van der Waals surface area contributed by atoms with Crippen molar-refractivity contribution < 1.29 is 9.53 Å². The highest BCUT2D eigenvalue weighted by molar-refractivity contribution is 7.99. The summed E-state index contributed by atoms with van der Waals surface area (Å²) >= 11 is 3.48. The topological polar surface area (TPSA) is 51.2 Å². The van der Waals surface area contributed by atoms with E-state index in [2.05, 4.69) is 15.0 Å². The van der Waals surface area contributed by atoms with E-state index in [1.807, 2.05) is 11.8 Å². The third-order valence-corrected chi connectivity index (χ3v) is 4.63. The summed E-state index contributed by atoms with van der Waals surface area (Å²) in [5.74, 6) is 2.89. The summed E-state index contributed by atoms with van der Waals surface area (Å²) in [6, 6.07) is 0. The van der Waals surface area contributed by atoms with Gasteiger partial charge in [-0.15, -0.1) is 11.3 Å². The number of thioether (sulfide) groups is 1. The van der Waals surface area contributed by atoms with E-state index < -0.39 is 0 Å². The van der Waals surface area contributed by atoms with Crippen LogP contribution in [0, 0.1) is 5.92 Å². The number of ether oxygens (including phenoxy) is 1. The van der Waals surface area contributed by atoms with Crippen molar-refractivity contribution >= 4 is 34.2 Å². The Balaban J connectivity index is 1.82. The number of nitrogens with zero attached hydrogens (tertiary/aromatic N) is 1. The van der Waals surface area contributed by atoms with Gasteiger partial charge < -0.3 is 10.1 Å². The molecular weight excluding hydrogens is 256 g/mol. The molecule has 1 saturated heterocycles. The number of carbonyl (C=O) groups is 1. The fraction of sp³-hybridized carbons (Fsp3) is 0.636. The van der Waals surface area contributed by atoms with E-state index in [0.29, 0.717) is 5.69 Å². The van der Waals surface area contributed by atoms with E-state index in [-0.39, 0.29) is 5.97 Å². The van der Waals surface area contributed by atoms with Crippen LogP contribution in [0.1, 0.15) is 23.3 Å². The van der Waals surface area contributed by atoms with Crippen molar-refractivity contribution in [1.82, 2.24) is 4.98 Å². The molecule has 0 aliphatic carbocycles. The summed E-state index contributed by atoms with van der Waals surface area (Å²) < 4.78 is 4.62. The number of thiazole rings is 1. The van der Waals surface area contributed by atoms with Gasteiger partial charge in [-0.25, -0.2) is 9.78 Å². The number of methoxy groups -OCH3 is 1. The monoisotopic (exact) mass is 272 g/mol. The molecule has 4 nitrogen and oxygen atoms in total. The van der Waals surface area contributed by atoms with Gasteiger partial charge in [0.1, 0.15) is 0 Å². The maximum atomic E-state index is 11.2. The van der Waals surface area contributed by atoms with Gasteiger partial charge in [0.05, 0.1) is 7.11 Å². The molecule has 94 valence electrons. The minimum atomic E-state index is -0.372. The number of hydrogen-bond acceptors (Lipinski definition) is 6. The average Bonchev–Trinajstić information content (AvgIpc) is 2.85. The van der Waals surface area contributed by atoms with E-state index in [9.17, 15) is 4.79 Å². The molecule has 1 aliphatic rings. The maximum absolute atomic E-state index is 11.2. The van der Waals surface area contributed by atoms with Gasteiger partial charge in [0.15, 0.2) is 10.8 Å². The van der Waals surface area contributed by atoms with Crippen LogP contribution in [0.15, 0.2) is 5.38 Å². The standard InChI is InChI=1S/C11H16N2O2S2/c1-15-10(14)9-7-17-11(13-9)12-6-8-2-4-16-5-3-8/h7-8H,2-6H2,1H3,(H,12,13). The molecular formula is C11H16N2O2S2. The van der Waals surface area contributed by atoms with E-state index in [0.717, 1.165) is 17.6 Å². The second-order valence-electron chi connectivity index (χ2n) is 3.97. The minimum Gasteiger partial charge on any atom is -0.464 e. The first-order valence-electron chi connectivity index (χ1n) is 5.65. The van der Waals surface area contributed by atoms with Gasteiger partial charge in [-0.3, -0.25) is 0 Å². The molecule has 6 heteroatoms. The number of esters is 1. The van der Waals surface area contributed by atoms with Crippen molar-refractivity contribution in [2.24, 2.45) is 5.92 Å². The molecule has 0 saturated carbocycles. The number of nitrogens with one attached hydrogen (secondary N) is 1. The van der Waals surface area contributed by atoms with Crippen LogP contribution in [0.3, 0.4) is 0 Å². The Morgan fingerprint density at radius 2 is 2.35 bits per heavy atom. The zero-order chi connectivity index (χ0) is 12.1. The Kier molecular flexibility index (Phi) is 4.67. The Bertz CT molecular complexity index is 375. The maximum Gasteiger partial charge on any atom is 0.357 e. The van der Waals surface area contributed by atoms with Crippen LogP contribution in [0.5, 0.6) is 0 Å². The molecule has 0 atom stereocenters. The van der Waals surface area contributed by atoms with Crippen molar-refractivity contribution in [2.45, 2.75) is 12.8 Å². The van der Waals surface area contributed by atoms with Gasteiger partial charge >= 0.3 is 5.97 Å². The van der Waals surface area contributed by atoms with Crippen LogP contribution in [0.4, 0.5) is 5.13 Å². The Labute approximate surface area is 109 Å². The van der Waals surface area contributed by atoms with Crippen LogP contribution in [0.25, 0.3) is 0 Å². The molecule has 1 fully saturated rings. The minimum absolute atomic E-state index is 0.372. The predicted molar refractivity (Wildman–Crippen MR) is 72.0 cm³/mol. The Morgan fingerprint density at radius 1 is 1.59 bits per heavy atom. The molecule has 1 aromatic heterocycles. The van der Waals surface area contributed by atoms with Crippen LogP contribution < -0.4 is 5.32 Å². The van der Waals surface area contributed by atoms with Gasteiger partial charge in [-0.1, -0.05) is 0 Å². The van der Waals surface area contributed by atoms with Crippen LogP contribution in [-0.4, -0.2) is 36.1 Å². The van der Waals surface area contributed by atoms with E-state index in [4.69, 9.17) is 0 Å². The number of anilines is 1. The molecule has 0 unspecified atom stereocenters. The average molecular weight is 272 g/mol. The lowest BCUT2D eigenvalue weighted by Crippen LogP contribution is -2.19. The predicted octanol–water partition coefficient (Wildman–Crippen LogP) is 2.48. The largest absolute Gasteiger partial charge is 0.464 e. The zero-order valence-electron chi connectivity index (χ0n) is 9.77. The van der Waals surface area contributed by atoms with Crippen LogP contribution in [0.2, 0.25) is 0 Å². The van der Waals surface area contributed by atoms with Crippen molar-refractivity contribution in [3.05, 3.63) is 11.1 Å². The molecule has 17 heavy (non-hydrogen) atoms. The summed E-state index contributed by atoms with van der Waals surface area (Å²) in [5.41, 5.74) is 0.388. The molecule has 1 aromatic rings. The van der Waals surface area contributed by atoms with E-state index in [1.54, 1.807) is 5.38 Å². The van der Waals surface area contributed by atoms with Gasteiger partial charge in [0.25, 0.3) is 0 Å². The second kappa shape index (κ2) is 6.26. The highest BCUT2D eigenvalue weighted by Crippen LogP contribution is 2.24. The number of aromatic nitrogens is 1. The quantitative estimate of drug-likeness (QED) is 0.853. The van der Waals surface area contributed by atoms with E-state index in [1.165, 1.54) is 42.8 Å². The van der Waals surface area contributed by atoms with Crippen LogP contribution >= 0.6 is 23.1 Å². The first-order valence-corrected chi connectivity index (χ1v) is 7.68. The van der Waals surface area contributed by atoms with Crippen molar-refractivity contribution in [3.8, 4) is 0 Å². The third-order valence-electron chi connectivity index (χ3n) is 2.78. The first-order chi connectivity index (χ1) is 8.29. The number of rotatable bonds is 4. The Morgan fingerprint density at radius 3 is 3.06 bits per heavy atom. The van der Waals surface area contributed by atoms with Gasteiger partial charge in [0, 0.05) is 11.9 Å². The fourth-order valence-corrected chi connectivity index (χ4v) is 3.63. The lowest BCUT2D eigenvalue weighted by Gasteiger charge is -2.21. The van der Waals surface area contributed by atoms with Crippen molar-refractivity contribution in [1.29, 1.82) is 0 Å². The zero-order valence-corrected chi connectivity index (χ0v) is 11.4. The molecule has 0 radical (unpaired) electrons. The molecule has 0 aromatic carbocycles. The Hall–Kier alpha value is -0.750. The summed E-state index contributed by atoms with van der Waals surface area (Å²) in [6.07, 6.45) is 2.54. The number of carbonyl (C=O) groups excluding carboxylic acids is 1. The lowest BCUT2D eigenvalue weighted by molar-refractivity contribution is 0.0595. The summed E-state index contributed by atoms with van der Waals surface area (Å²) in [4.78, 5) is 15.4. The SMILES string of the molecule is COC(=O)c1csc(NCC2CCSCC2)n1. The fourth-order valence-electron chi connectivity index (χ4n) is 1.74. The van der Waals surface area contributed by atoms with Gasteiger partial charge in [-0.05, 0) is 30.3 Å². The highest BCUT2D eigenvalue weighted by atomic mass is 32.2. The second-order valence-corrected chi connectivity index (χ2v) is 6.05. The highest BCUT2D eigenvalue weighted by Gasteiger charge is 2.15. The normalized spacial score (nSPS) is 16.8. The molecule has 0 bridgehead atoms. The molecule has 0 amide bonds. The number of hydrogen-bond donors (Lipinski definition) is 1. The molecule has 1 N–H and O–H groups in total. The first kappa shape index (κ1) is 12.7.